The van der Waals surface area contributed by atoms with Gasteiger partial charge in [-0.25, -0.2) is 0 Å². The third-order valence-corrected chi connectivity index (χ3v) is 1.73. The zero-order valence-corrected chi connectivity index (χ0v) is 6.85. The zero-order valence-electron chi connectivity index (χ0n) is 6.26. The molecule has 0 saturated heterocycles. The SMILES string of the molecule is [2H][C@H](C)c1ccc(Br)cc1. The van der Waals surface area contributed by atoms with E-state index in [1.807, 2.05) is 31.2 Å². The van der Waals surface area contributed by atoms with Gasteiger partial charge in [0.25, 0.3) is 0 Å². The molecule has 0 amide bonds. The minimum Gasteiger partial charge on any atom is -0.0613 e. The van der Waals surface area contributed by atoms with Gasteiger partial charge >= 0.3 is 0 Å². The summed E-state index contributed by atoms with van der Waals surface area (Å²) < 4.78 is 8.44. The summed E-state index contributed by atoms with van der Waals surface area (Å²) >= 11 is 3.33. The first-order chi connectivity index (χ1) is 4.70. The molecule has 0 heterocycles. The van der Waals surface area contributed by atoms with Crippen molar-refractivity contribution in [2.24, 2.45) is 0 Å². The van der Waals surface area contributed by atoms with Gasteiger partial charge in [-0.15, -0.1) is 0 Å². The monoisotopic (exact) mass is 185 g/mol. The van der Waals surface area contributed by atoms with Crippen LogP contribution in [-0.4, -0.2) is 0 Å². The van der Waals surface area contributed by atoms with Crippen molar-refractivity contribution in [3.8, 4) is 0 Å². The number of rotatable bonds is 1. The van der Waals surface area contributed by atoms with Gasteiger partial charge in [0, 0.05) is 5.84 Å². The van der Waals surface area contributed by atoms with Crippen molar-refractivity contribution >= 4 is 15.9 Å². The number of halogens is 1. The molecule has 0 radical (unpaired) electrons. The second kappa shape index (κ2) is 3.02. The molecule has 0 aliphatic carbocycles. The Morgan fingerprint density at radius 2 is 2.00 bits per heavy atom. The standard InChI is InChI=1S/C8H9Br/c1-2-7-3-5-8(9)6-4-7/h3-6H,2H2,1H3/i2D/t2-/m1/s1. The van der Waals surface area contributed by atoms with Gasteiger partial charge in [-0.05, 0) is 24.1 Å². The predicted molar refractivity (Wildman–Crippen MR) is 43.5 cm³/mol. The zero-order chi connectivity index (χ0) is 7.56. The highest BCUT2D eigenvalue weighted by atomic mass is 79.9. The fourth-order valence-electron chi connectivity index (χ4n) is 0.655. The molecule has 1 heteroatoms. The lowest BCUT2D eigenvalue weighted by molar-refractivity contribution is 1.14. The smallest absolute Gasteiger partial charge is 0.0313 e. The number of benzene rings is 1. The van der Waals surface area contributed by atoms with Crippen LogP contribution in [0.4, 0.5) is 0 Å². The van der Waals surface area contributed by atoms with Crippen molar-refractivity contribution in [1.82, 2.24) is 0 Å². The van der Waals surface area contributed by atoms with Gasteiger partial charge in [0.15, 0.2) is 0 Å². The van der Waals surface area contributed by atoms with E-state index in [4.69, 9.17) is 1.37 Å². The van der Waals surface area contributed by atoms with Crippen LogP contribution in [0.1, 0.15) is 13.9 Å². The quantitative estimate of drug-likeness (QED) is 0.632. The number of aryl methyl sites for hydroxylation is 1. The van der Waals surface area contributed by atoms with Crippen molar-refractivity contribution in [2.75, 3.05) is 0 Å². The highest BCUT2D eigenvalue weighted by molar-refractivity contribution is 9.10. The fraction of sp³-hybridized carbons (Fsp3) is 0.250. The molecule has 0 aliphatic rings. The van der Waals surface area contributed by atoms with Crippen molar-refractivity contribution in [2.45, 2.75) is 13.3 Å². The number of hydrogen-bond acceptors (Lipinski definition) is 0. The van der Waals surface area contributed by atoms with E-state index in [9.17, 15) is 0 Å². The molecule has 0 unspecified atom stereocenters. The molecule has 0 saturated carbocycles. The van der Waals surface area contributed by atoms with Crippen LogP contribution >= 0.6 is 15.9 Å². The first-order valence-corrected chi connectivity index (χ1v) is 3.67. The molecule has 0 N–H and O–H groups in total. The van der Waals surface area contributed by atoms with E-state index in [1.54, 1.807) is 0 Å². The van der Waals surface area contributed by atoms with Gasteiger partial charge in [-0.2, -0.15) is 0 Å². The topological polar surface area (TPSA) is 0 Å². The van der Waals surface area contributed by atoms with Gasteiger partial charge in [-0.1, -0.05) is 35.0 Å². The molecule has 0 nitrogen and oxygen atoms in total. The summed E-state index contributed by atoms with van der Waals surface area (Å²) in [5.74, 6) is 0. The maximum atomic E-state index is 7.37. The molecule has 0 aromatic heterocycles. The third-order valence-electron chi connectivity index (χ3n) is 1.20. The van der Waals surface area contributed by atoms with Crippen LogP contribution in [0.25, 0.3) is 0 Å². The molecule has 9 heavy (non-hydrogen) atoms. The molecule has 1 aromatic carbocycles. The average Bonchev–Trinajstić information content (AvgIpc) is 1.88. The Balaban J connectivity index is 2.89. The van der Waals surface area contributed by atoms with Crippen LogP contribution in [0.3, 0.4) is 0 Å². The molecule has 0 bridgehead atoms. The van der Waals surface area contributed by atoms with E-state index in [2.05, 4.69) is 15.9 Å². The summed E-state index contributed by atoms with van der Waals surface area (Å²) in [6.07, 6.45) is -0.118. The van der Waals surface area contributed by atoms with Crippen molar-refractivity contribution < 1.29 is 1.37 Å². The Kier molecular flexibility index (Phi) is 1.84. The first kappa shape index (κ1) is 5.48. The highest BCUT2D eigenvalue weighted by Crippen LogP contribution is 2.10. The van der Waals surface area contributed by atoms with E-state index >= 15 is 0 Å². The second-order valence-electron chi connectivity index (χ2n) is 1.84. The van der Waals surface area contributed by atoms with Gasteiger partial charge in [0.2, 0.25) is 0 Å². The van der Waals surface area contributed by atoms with E-state index < -0.39 is 0 Å². The van der Waals surface area contributed by atoms with Gasteiger partial charge in [-0.3, -0.25) is 0 Å². The maximum absolute atomic E-state index is 7.37. The van der Waals surface area contributed by atoms with E-state index in [0.29, 0.717) is 0 Å². The van der Waals surface area contributed by atoms with Crippen LogP contribution in [0.2, 0.25) is 0 Å². The second-order valence-corrected chi connectivity index (χ2v) is 2.76. The van der Waals surface area contributed by atoms with Crippen molar-refractivity contribution in [1.29, 1.82) is 0 Å². The Labute approximate surface area is 65.4 Å². The summed E-state index contributed by atoms with van der Waals surface area (Å²) in [5.41, 5.74) is 1.06. The summed E-state index contributed by atoms with van der Waals surface area (Å²) in [6, 6.07) is 7.84. The lowest BCUT2D eigenvalue weighted by atomic mass is 10.2. The Hall–Kier alpha value is -0.300. The summed E-state index contributed by atoms with van der Waals surface area (Å²) in [6.45, 7) is 1.86. The lowest BCUT2D eigenvalue weighted by Crippen LogP contribution is -1.75. The molecule has 0 aliphatic heterocycles. The molecule has 1 rings (SSSR count). The van der Waals surface area contributed by atoms with Crippen LogP contribution < -0.4 is 0 Å². The molecule has 1 aromatic rings. The first-order valence-electron chi connectivity index (χ1n) is 3.45. The van der Waals surface area contributed by atoms with Crippen LogP contribution in [0.15, 0.2) is 28.7 Å². The van der Waals surface area contributed by atoms with E-state index in [1.165, 1.54) is 0 Å². The molecular formula is C8H9Br. The fourth-order valence-corrected chi connectivity index (χ4v) is 0.920. The highest BCUT2D eigenvalue weighted by Gasteiger charge is 1.86. The summed E-state index contributed by atoms with van der Waals surface area (Å²) in [4.78, 5) is 0. The van der Waals surface area contributed by atoms with E-state index in [0.717, 1.165) is 10.0 Å². The Morgan fingerprint density at radius 1 is 1.44 bits per heavy atom. The third kappa shape index (κ3) is 1.83. The van der Waals surface area contributed by atoms with Crippen LogP contribution in [0, 0.1) is 0 Å². The average molecular weight is 186 g/mol. The van der Waals surface area contributed by atoms with Crippen molar-refractivity contribution in [3.63, 3.8) is 0 Å². The van der Waals surface area contributed by atoms with E-state index in [-0.39, 0.29) is 6.40 Å². The molecule has 0 fully saturated rings. The molecule has 1 atom stereocenters. The van der Waals surface area contributed by atoms with Gasteiger partial charge in [0.05, 0.1) is 0 Å². The van der Waals surface area contributed by atoms with Gasteiger partial charge < -0.3 is 0 Å². The minimum atomic E-state index is -0.118. The summed E-state index contributed by atoms with van der Waals surface area (Å²) in [5, 5.41) is 0. The number of hydrogen-bond donors (Lipinski definition) is 0. The normalized spacial score (nSPS) is 14.7. The maximum Gasteiger partial charge on any atom is 0.0313 e. The lowest BCUT2D eigenvalue weighted by Gasteiger charge is -1.93. The van der Waals surface area contributed by atoms with Crippen molar-refractivity contribution in [3.05, 3.63) is 34.3 Å². The summed E-state index contributed by atoms with van der Waals surface area (Å²) in [7, 11) is 0. The molecule has 48 valence electrons. The Bertz CT molecular complexity index is 203. The van der Waals surface area contributed by atoms with Crippen LogP contribution in [-0.2, 0) is 6.40 Å². The molecule has 0 spiro atoms. The predicted octanol–water partition coefficient (Wildman–Crippen LogP) is 3.01. The largest absolute Gasteiger partial charge is 0.0613 e. The van der Waals surface area contributed by atoms with Gasteiger partial charge in [0.1, 0.15) is 0 Å². The molecular weight excluding hydrogens is 176 g/mol. The Morgan fingerprint density at radius 3 is 2.44 bits per heavy atom. The minimum absolute atomic E-state index is 0.118. The van der Waals surface area contributed by atoms with Crippen LogP contribution in [0.5, 0.6) is 0 Å².